The number of unbranched alkanes of at least 4 members (excludes halogenated alkanes) is 1. The summed E-state index contributed by atoms with van der Waals surface area (Å²) in [5, 5.41) is 12.2. The molecule has 1 atom stereocenters. The van der Waals surface area contributed by atoms with Gasteiger partial charge in [0.2, 0.25) is 0 Å². The number of ether oxygens (including phenoxy) is 2. The van der Waals surface area contributed by atoms with Crippen molar-refractivity contribution in [3.8, 4) is 17.6 Å². The Morgan fingerprint density at radius 2 is 2.00 bits per heavy atom. The van der Waals surface area contributed by atoms with Crippen molar-refractivity contribution in [1.82, 2.24) is 15.1 Å². The molecule has 2 rings (SSSR count). The molecule has 1 aromatic carbocycles. The van der Waals surface area contributed by atoms with Gasteiger partial charge in [0, 0.05) is 51.7 Å². The lowest BCUT2D eigenvalue weighted by Gasteiger charge is -2.36. The van der Waals surface area contributed by atoms with Crippen LogP contribution in [0.4, 0.5) is 0 Å². The lowest BCUT2D eigenvalue weighted by atomic mass is 10.2. The largest absolute Gasteiger partial charge is 0.493 e. The highest BCUT2D eigenvalue weighted by molar-refractivity contribution is 5.42. The third-order valence-electron chi connectivity index (χ3n) is 4.85. The molecule has 1 aliphatic heterocycles. The maximum Gasteiger partial charge on any atom is 0.161 e. The predicted molar refractivity (Wildman–Crippen MR) is 104 cm³/mol. The molecule has 1 aliphatic rings. The van der Waals surface area contributed by atoms with Gasteiger partial charge in [0.05, 0.1) is 19.8 Å². The van der Waals surface area contributed by atoms with E-state index in [1.807, 2.05) is 12.1 Å². The monoisotopic (exact) mass is 360 g/mol. The summed E-state index contributed by atoms with van der Waals surface area (Å²) in [5.41, 5.74) is 1.17. The highest BCUT2D eigenvalue weighted by atomic mass is 16.5. The standard InChI is InChI=1S/C20H32N4O2/c1-17(24-11-9-23(2)10-12-24)15-22-16-18-6-7-19(25-3)20(14-18)26-13-5-4-8-21/h6-7,14,17,22H,4-5,9-13,15-16H2,1-3H3. The molecule has 0 spiro atoms. The van der Waals surface area contributed by atoms with E-state index in [1.165, 1.54) is 5.56 Å². The Bertz CT molecular complexity index is 580. The Labute approximate surface area is 157 Å². The van der Waals surface area contributed by atoms with Crippen LogP contribution in [0, 0.1) is 11.3 Å². The summed E-state index contributed by atoms with van der Waals surface area (Å²) in [4.78, 5) is 4.93. The van der Waals surface area contributed by atoms with Crippen molar-refractivity contribution in [2.45, 2.75) is 32.4 Å². The average Bonchev–Trinajstić information content (AvgIpc) is 2.66. The lowest BCUT2D eigenvalue weighted by molar-refractivity contribution is 0.118. The van der Waals surface area contributed by atoms with Crippen molar-refractivity contribution in [2.24, 2.45) is 0 Å². The molecular formula is C20H32N4O2. The summed E-state index contributed by atoms with van der Waals surface area (Å²) in [7, 11) is 3.83. The van der Waals surface area contributed by atoms with Gasteiger partial charge in [-0.1, -0.05) is 6.07 Å². The molecule has 0 aromatic heterocycles. The zero-order valence-corrected chi connectivity index (χ0v) is 16.3. The molecule has 0 amide bonds. The highest BCUT2D eigenvalue weighted by Gasteiger charge is 2.18. The molecule has 1 heterocycles. The fraction of sp³-hybridized carbons (Fsp3) is 0.650. The van der Waals surface area contributed by atoms with Crippen molar-refractivity contribution in [3.63, 3.8) is 0 Å². The first kappa shape index (κ1) is 20.5. The van der Waals surface area contributed by atoms with E-state index >= 15 is 0 Å². The van der Waals surface area contributed by atoms with Crippen molar-refractivity contribution < 1.29 is 9.47 Å². The van der Waals surface area contributed by atoms with Gasteiger partial charge in [-0.2, -0.15) is 5.26 Å². The minimum absolute atomic E-state index is 0.508. The highest BCUT2D eigenvalue weighted by Crippen LogP contribution is 2.28. The molecule has 1 fully saturated rings. The molecule has 26 heavy (non-hydrogen) atoms. The van der Waals surface area contributed by atoms with Crippen molar-refractivity contribution in [3.05, 3.63) is 23.8 Å². The second kappa shape index (κ2) is 11.0. The summed E-state index contributed by atoms with van der Waals surface area (Å²) in [5.74, 6) is 1.48. The Morgan fingerprint density at radius 3 is 2.69 bits per heavy atom. The van der Waals surface area contributed by atoms with Crippen LogP contribution >= 0.6 is 0 Å². The van der Waals surface area contributed by atoms with E-state index < -0.39 is 0 Å². The summed E-state index contributed by atoms with van der Waals surface area (Å²) < 4.78 is 11.2. The summed E-state index contributed by atoms with van der Waals surface area (Å²) in [6.45, 7) is 9.16. The van der Waals surface area contributed by atoms with Crippen LogP contribution in [0.25, 0.3) is 0 Å². The molecule has 1 aromatic rings. The van der Waals surface area contributed by atoms with Crippen LogP contribution < -0.4 is 14.8 Å². The smallest absolute Gasteiger partial charge is 0.161 e. The summed E-state index contributed by atoms with van der Waals surface area (Å²) in [6.07, 6.45) is 1.23. The van der Waals surface area contributed by atoms with Crippen molar-refractivity contribution in [1.29, 1.82) is 5.26 Å². The third kappa shape index (κ3) is 6.49. The number of nitrogens with one attached hydrogen (secondary N) is 1. The predicted octanol–water partition coefficient (Wildman–Crippen LogP) is 2.10. The van der Waals surface area contributed by atoms with Crippen LogP contribution in [-0.4, -0.2) is 69.3 Å². The second-order valence-electron chi connectivity index (χ2n) is 6.91. The molecule has 1 N–H and O–H groups in total. The Kier molecular flexibility index (Phi) is 8.69. The van der Waals surface area contributed by atoms with E-state index in [0.717, 1.165) is 57.2 Å². The number of rotatable bonds is 10. The van der Waals surface area contributed by atoms with Gasteiger partial charge in [-0.25, -0.2) is 0 Å². The topological polar surface area (TPSA) is 60.8 Å². The maximum absolute atomic E-state index is 8.61. The molecule has 0 bridgehead atoms. The lowest BCUT2D eigenvalue weighted by Crippen LogP contribution is -2.50. The number of hydrogen-bond donors (Lipinski definition) is 1. The first-order valence-corrected chi connectivity index (χ1v) is 9.44. The minimum atomic E-state index is 0.508. The number of hydrogen-bond acceptors (Lipinski definition) is 6. The molecule has 6 nitrogen and oxygen atoms in total. The molecular weight excluding hydrogens is 328 g/mol. The zero-order chi connectivity index (χ0) is 18.8. The molecule has 0 radical (unpaired) electrons. The van der Waals surface area contributed by atoms with Gasteiger partial charge in [-0.3, -0.25) is 4.90 Å². The van der Waals surface area contributed by atoms with E-state index in [1.54, 1.807) is 7.11 Å². The third-order valence-corrected chi connectivity index (χ3v) is 4.85. The molecule has 144 valence electrons. The molecule has 1 saturated heterocycles. The SMILES string of the molecule is COc1ccc(CNCC(C)N2CCN(C)CC2)cc1OCCCC#N. The number of benzene rings is 1. The zero-order valence-electron chi connectivity index (χ0n) is 16.3. The Balaban J connectivity index is 1.80. The van der Waals surface area contributed by atoms with Crippen LogP contribution in [0.5, 0.6) is 11.5 Å². The van der Waals surface area contributed by atoms with Gasteiger partial charge in [0.25, 0.3) is 0 Å². The number of nitriles is 1. The summed E-state index contributed by atoms with van der Waals surface area (Å²) >= 11 is 0. The van der Waals surface area contributed by atoms with Crippen LogP contribution in [0.2, 0.25) is 0 Å². The second-order valence-corrected chi connectivity index (χ2v) is 6.91. The Morgan fingerprint density at radius 1 is 1.23 bits per heavy atom. The minimum Gasteiger partial charge on any atom is -0.493 e. The summed E-state index contributed by atoms with van der Waals surface area (Å²) in [6, 6.07) is 8.70. The van der Waals surface area contributed by atoms with Gasteiger partial charge in [0.15, 0.2) is 11.5 Å². The van der Waals surface area contributed by atoms with Crippen LogP contribution in [0.3, 0.4) is 0 Å². The van der Waals surface area contributed by atoms with Gasteiger partial charge in [-0.15, -0.1) is 0 Å². The van der Waals surface area contributed by atoms with E-state index in [-0.39, 0.29) is 0 Å². The van der Waals surface area contributed by atoms with Crippen LogP contribution in [-0.2, 0) is 6.54 Å². The first-order valence-electron chi connectivity index (χ1n) is 9.44. The molecule has 6 heteroatoms. The van der Waals surface area contributed by atoms with Crippen LogP contribution in [0.1, 0.15) is 25.3 Å². The molecule has 1 unspecified atom stereocenters. The molecule has 0 saturated carbocycles. The van der Waals surface area contributed by atoms with Crippen molar-refractivity contribution in [2.75, 3.05) is 53.5 Å². The normalized spacial score (nSPS) is 16.8. The van der Waals surface area contributed by atoms with E-state index in [0.29, 0.717) is 19.1 Å². The number of likely N-dealkylation sites (N-methyl/N-ethyl adjacent to an activating group) is 1. The Hall–Kier alpha value is -1.81. The molecule has 0 aliphatic carbocycles. The van der Waals surface area contributed by atoms with Gasteiger partial charge < -0.3 is 19.7 Å². The number of methoxy groups -OCH3 is 1. The van der Waals surface area contributed by atoms with Gasteiger partial charge in [-0.05, 0) is 38.1 Å². The van der Waals surface area contributed by atoms with Crippen molar-refractivity contribution >= 4 is 0 Å². The fourth-order valence-corrected chi connectivity index (χ4v) is 3.09. The van der Waals surface area contributed by atoms with Crippen LogP contribution in [0.15, 0.2) is 18.2 Å². The first-order chi connectivity index (χ1) is 12.6. The number of piperazine rings is 1. The van der Waals surface area contributed by atoms with E-state index in [4.69, 9.17) is 14.7 Å². The van der Waals surface area contributed by atoms with E-state index in [2.05, 4.69) is 41.2 Å². The quantitative estimate of drug-likeness (QED) is 0.645. The van der Waals surface area contributed by atoms with E-state index in [9.17, 15) is 0 Å². The number of nitrogens with zero attached hydrogens (tertiary/aromatic N) is 3. The fourth-order valence-electron chi connectivity index (χ4n) is 3.09. The van der Waals surface area contributed by atoms with Gasteiger partial charge in [0.1, 0.15) is 0 Å². The average molecular weight is 361 g/mol. The maximum atomic E-state index is 8.61. The van der Waals surface area contributed by atoms with Gasteiger partial charge >= 0.3 is 0 Å².